The van der Waals surface area contributed by atoms with Gasteiger partial charge in [-0.15, -0.1) is 0 Å². The maximum absolute atomic E-state index is 6.00. The summed E-state index contributed by atoms with van der Waals surface area (Å²) in [6.45, 7) is 0.725. The molecule has 1 aromatic heterocycles. The molecule has 0 atom stereocenters. The third-order valence-corrected chi connectivity index (χ3v) is 3.82. The second kappa shape index (κ2) is 8.35. The maximum Gasteiger partial charge on any atom is 0.224 e. The third-order valence-electron chi connectivity index (χ3n) is 3.58. The highest BCUT2D eigenvalue weighted by Crippen LogP contribution is 2.20. The molecular formula is C19H19ClN4O. The number of benzene rings is 2. The van der Waals surface area contributed by atoms with Crippen molar-refractivity contribution in [3.63, 3.8) is 0 Å². The second-order valence-corrected chi connectivity index (χ2v) is 5.87. The van der Waals surface area contributed by atoms with Gasteiger partial charge in [-0.3, -0.25) is 0 Å². The summed E-state index contributed by atoms with van der Waals surface area (Å²) < 4.78 is 5.23. The summed E-state index contributed by atoms with van der Waals surface area (Å²) in [6, 6.07) is 17.3. The van der Waals surface area contributed by atoms with Crippen LogP contribution in [0.15, 0.2) is 60.8 Å². The minimum Gasteiger partial charge on any atom is -0.497 e. The Hall–Kier alpha value is -2.79. The van der Waals surface area contributed by atoms with E-state index in [0.717, 1.165) is 29.4 Å². The van der Waals surface area contributed by atoms with Crippen LogP contribution in [0.25, 0.3) is 0 Å². The minimum atomic E-state index is 0.579. The van der Waals surface area contributed by atoms with Crippen molar-refractivity contribution in [2.24, 2.45) is 0 Å². The van der Waals surface area contributed by atoms with E-state index >= 15 is 0 Å². The van der Waals surface area contributed by atoms with Gasteiger partial charge in [0.05, 0.1) is 7.11 Å². The van der Waals surface area contributed by atoms with Crippen molar-refractivity contribution < 1.29 is 4.74 Å². The molecule has 3 aromatic rings. The number of methoxy groups -OCH3 is 1. The largest absolute Gasteiger partial charge is 0.497 e. The van der Waals surface area contributed by atoms with Gasteiger partial charge in [0, 0.05) is 29.5 Å². The Morgan fingerprint density at radius 2 is 1.96 bits per heavy atom. The summed E-state index contributed by atoms with van der Waals surface area (Å²) in [5.41, 5.74) is 2.08. The zero-order valence-corrected chi connectivity index (χ0v) is 14.6. The van der Waals surface area contributed by atoms with Gasteiger partial charge in [0.1, 0.15) is 11.6 Å². The molecule has 0 fully saturated rings. The molecule has 0 aliphatic heterocycles. The fourth-order valence-corrected chi connectivity index (χ4v) is 2.59. The first-order chi connectivity index (χ1) is 12.2. The molecule has 0 aliphatic rings. The zero-order chi connectivity index (χ0) is 17.5. The van der Waals surface area contributed by atoms with E-state index in [2.05, 4.69) is 26.7 Å². The maximum atomic E-state index is 6.00. The first-order valence-electron chi connectivity index (χ1n) is 7.95. The van der Waals surface area contributed by atoms with Gasteiger partial charge in [0.25, 0.3) is 0 Å². The molecule has 5 nitrogen and oxygen atoms in total. The predicted octanol–water partition coefficient (Wildman–Crippen LogP) is 4.54. The van der Waals surface area contributed by atoms with Crippen LogP contribution in [0.2, 0.25) is 5.02 Å². The standard InChI is InChI=1S/C19H19ClN4O/c1-25-17-7-3-6-16(13-17)23-18-9-11-22-19(24-18)21-10-8-14-4-2-5-15(20)12-14/h2-7,9,11-13H,8,10H2,1H3,(H2,21,22,23,24). The number of halogens is 1. The number of hydrogen-bond donors (Lipinski definition) is 2. The van der Waals surface area contributed by atoms with Gasteiger partial charge in [-0.25, -0.2) is 4.98 Å². The van der Waals surface area contributed by atoms with Crippen LogP contribution in [-0.2, 0) is 6.42 Å². The van der Waals surface area contributed by atoms with E-state index in [9.17, 15) is 0 Å². The molecule has 0 bridgehead atoms. The SMILES string of the molecule is COc1cccc(Nc2ccnc(NCCc3cccc(Cl)c3)n2)c1. The van der Waals surface area contributed by atoms with Crippen LogP contribution in [0.1, 0.15) is 5.56 Å². The lowest BCUT2D eigenvalue weighted by Crippen LogP contribution is -2.08. The van der Waals surface area contributed by atoms with Crippen LogP contribution in [0.4, 0.5) is 17.5 Å². The second-order valence-electron chi connectivity index (χ2n) is 5.43. The Morgan fingerprint density at radius 3 is 2.80 bits per heavy atom. The number of rotatable bonds is 7. The molecule has 1 heterocycles. The van der Waals surface area contributed by atoms with Gasteiger partial charge < -0.3 is 15.4 Å². The molecule has 2 aromatic carbocycles. The summed E-state index contributed by atoms with van der Waals surface area (Å²) in [5, 5.41) is 7.23. The first kappa shape index (κ1) is 17.0. The van der Waals surface area contributed by atoms with E-state index in [1.807, 2.05) is 48.5 Å². The number of anilines is 3. The molecule has 0 radical (unpaired) electrons. The van der Waals surface area contributed by atoms with Crippen LogP contribution in [0.5, 0.6) is 5.75 Å². The number of hydrogen-bond acceptors (Lipinski definition) is 5. The van der Waals surface area contributed by atoms with Crippen molar-refractivity contribution in [1.82, 2.24) is 9.97 Å². The van der Waals surface area contributed by atoms with Crippen LogP contribution >= 0.6 is 11.6 Å². The summed E-state index contributed by atoms with van der Waals surface area (Å²) in [7, 11) is 1.64. The molecule has 25 heavy (non-hydrogen) atoms. The highest BCUT2D eigenvalue weighted by Gasteiger charge is 2.02. The van der Waals surface area contributed by atoms with E-state index in [4.69, 9.17) is 16.3 Å². The lowest BCUT2D eigenvalue weighted by atomic mass is 10.1. The summed E-state index contributed by atoms with van der Waals surface area (Å²) in [4.78, 5) is 8.72. The molecule has 2 N–H and O–H groups in total. The van der Waals surface area contributed by atoms with Crippen molar-refractivity contribution in [2.45, 2.75) is 6.42 Å². The van der Waals surface area contributed by atoms with Crippen LogP contribution in [-0.4, -0.2) is 23.6 Å². The van der Waals surface area contributed by atoms with Gasteiger partial charge in [0.15, 0.2) is 0 Å². The molecule has 6 heteroatoms. The molecule has 0 aliphatic carbocycles. The van der Waals surface area contributed by atoms with Crippen molar-refractivity contribution >= 4 is 29.1 Å². The Balaban J connectivity index is 1.59. The smallest absolute Gasteiger partial charge is 0.224 e. The molecule has 0 saturated carbocycles. The average molecular weight is 355 g/mol. The number of aromatic nitrogens is 2. The lowest BCUT2D eigenvalue weighted by Gasteiger charge is -2.09. The van der Waals surface area contributed by atoms with E-state index in [1.54, 1.807) is 13.3 Å². The summed E-state index contributed by atoms with van der Waals surface area (Å²) >= 11 is 6.00. The van der Waals surface area contributed by atoms with Crippen molar-refractivity contribution in [1.29, 1.82) is 0 Å². The first-order valence-corrected chi connectivity index (χ1v) is 8.33. The van der Waals surface area contributed by atoms with Gasteiger partial charge in [-0.2, -0.15) is 4.98 Å². The highest BCUT2D eigenvalue weighted by molar-refractivity contribution is 6.30. The van der Waals surface area contributed by atoms with E-state index in [0.29, 0.717) is 11.8 Å². The molecular weight excluding hydrogens is 336 g/mol. The average Bonchev–Trinajstić information content (AvgIpc) is 2.62. The lowest BCUT2D eigenvalue weighted by molar-refractivity contribution is 0.415. The highest BCUT2D eigenvalue weighted by atomic mass is 35.5. The minimum absolute atomic E-state index is 0.579. The van der Waals surface area contributed by atoms with E-state index in [1.165, 1.54) is 5.56 Å². The third kappa shape index (κ3) is 5.09. The quantitative estimate of drug-likeness (QED) is 0.652. The van der Waals surface area contributed by atoms with Crippen LogP contribution in [0.3, 0.4) is 0 Å². The Labute approximate surface area is 152 Å². The van der Waals surface area contributed by atoms with Gasteiger partial charge in [0.2, 0.25) is 5.95 Å². The Morgan fingerprint density at radius 1 is 1.08 bits per heavy atom. The molecule has 0 spiro atoms. The van der Waals surface area contributed by atoms with Crippen molar-refractivity contribution in [3.05, 3.63) is 71.4 Å². The molecule has 0 saturated heterocycles. The van der Waals surface area contributed by atoms with Gasteiger partial charge >= 0.3 is 0 Å². The Kier molecular flexibility index (Phi) is 5.69. The van der Waals surface area contributed by atoms with Crippen LogP contribution in [0, 0.1) is 0 Å². The molecule has 128 valence electrons. The molecule has 0 unspecified atom stereocenters. The fraction of sp³-hybridized carbons (Fsp3) is 0.158. The van der Waals surface area contributed by atoms with Crippen molar-refractivity contribution in [3.8, 4) is 5.75 Å². The topological polar surface area (TPSA) is 59.1 Å². The fourth-order valence-electron chi connectivity index (χ4n) is 2.37. The van der Waals surface area contributed by atoms with Gasteiger partial charge in [-0.05, 0) is 42.3 Å². The van der Waals surface area contributed by atoms with E-state index in [-0.39, 0.29) is 0 Å². The number of nitrogens with zero attached hydrogens (tertiary/aromatic N) is 2. The predicted molar refractivity (Wildman–Crippen MR) is 102 cm³/mol. The van der Waals surface area contributed by atoms with Gasteiger partial charge in [-0.1, -0.05) is 29.8 Å². The summed E-state index contributed by atoms with van der Waals surface area (Å²) in [6.07, 6.45) is 2.56. The van der Waals surface area contributed by atoms with Crippen molar-refractivity contribution in [2.75, 3.05) is 24.3 Å². The normalized spacial score (nSPS) is 10.3. The number of ether oxygens (including phenoxy) is 1. The molecule has 3 rings (SSSR count). The van der Waals surface area contributed by atoms with E-state index < -0.39 is 0 Å². The monoisotopic (exact) mass is 354 g/mol. The molecule has 0 amide bonds. The van der Waals surface area contributed by atoms with Crippen LogP contribution < -0.4 is 15.4 Å². The zero-order valence-electron chi connectivity index (χ0n) is 13.9. The number of nitrogens with one attached hydrogen (secondary N) is 2. The summed E-state index contributed by atoms with van der Waals surface area (Å²) in [5.74, 6) is 2.09. The Bertz CT molecular complexity index is 841.